The third-order valence-electron chi connectivity index (χ3n) is 4.39. The molecule has 11 nitrogen and oxygen atoms in total. The Bertz CT molecular complexity index is 1210. The number of nitro groups is 1. The fourth-order valence-corrected chi connectivity index (χ4v) is 3.02. The molecule has 0 fully saturated rings. The van der Waals surface area contributed by atoms with E-state index in [1.807, 2.05) is 0 Å². The van der Waals surface area contributed by atoms with Gasteiger partial charge in [-0.15, -0.1) is 0 Å². The van der Waals surface area contributed by atoms with Crippen molar-refractivity contribution in [1.82, 2.24) is 4.98 Å². The molecular formula is C20H16N4O7. The van der Waals surface area contributed by atoms with Gasteiger partial charge in [-0.05, 0) is 25.1 Å². The number of anilines is 2. The summed E-state index contributed by atoms with van der Waals surface area (Å²) < 4.78 is 15.8. The first-order valence-electron chi connectivity index (χ1n) is 9.19. The van der Waals surface area contributed by atoms with E-state index in [1.54, 1.807) is 25.1 Å². The summed E-state index contributed by atoms with van der Waals surface area (Å²) in [4.78, 5) is 39.9. The maximum absolute atomic E-state index is 12.5. The van der Waals surface area contributed by atoms with Crippen LogP contribution in [0.2, 0.25) is 0 Å². The van der Waals surface area contributed by atoms with E-state index in [9.17, 15) is 19.7 Å². The summed E-state index contributed by atoms with van der Waals surface area (Å²) in [5, 5.41) is 16.6. The minimum atomic E-state index is -0.813. The lowest BCUT2D eigenvalue weighted by Gasteiger charge is -2.12. The highest BCUT2D eigenvalue weighted by Crippen LogP contribution is 2.36. The minimum Gasteiger partial charge on any atom is -0.462 e. The van der Waals surface area contributed by atoms with Gasteiger partial charge in [0.05, 0.1) is 17.0 Å². The van der Waals surface area contributed by atoms with Crippen molar-refractivity contribution in [1.29, 1.82) is 0 Å². The van der Waals surface area contributed by atoms with Crippen molar-refractivity contribution < 1.29 is 28.7 Å². The number of para-hydroxylation sites is 2. The van der Waals surface area contributed by atoms with Gasteiger partial charge in [-0.1, -0.05) is 12.1 Å². The van der Waals surface area contributed by atoms with Crippen molar-refractivity contribution in [2.24, 2.45) is 0 Å². The van der Waals surface area contributed by atoms with E-state index in [0.717, 1.165) is 0 Å². The van der Waals surface area contributed by atoms with Crippen molar-refractivity contribution in [3.63, 3.8) is 0 Å². The van der Waals surface area contributed by atoms with Crippen LogP contribution in [-0.4, -0.2) is 35.3 Å². The largest absolute Gasteiger partial charge is 0.462 e. The monoisotopic (exact) mass is 424 g/mol. The molecule has 31 heavy (non-hydrogen) atoms. The zero-order chi connectivity index (χ0) is 22.0. The number of hydrogen-bond acceptors (Lipinski definition) is 8. The Kier molecular flexibility index (Phi) is 5.22. The summed E-state index contributed by atoms with van der Waals surface area (Å²) in [6.07, 6.45) is 0. The molecule has 0 unspecified atom stereocenters. The average Bonchev–Trinajstić information content (AvgIpc) is 3.19. The predicted octanol–water partition coefficient (Wildman–Crippen LogP) is 3.69. The van der Waals surface area contributed by atoms with Crippen molar-refractivity contribution >= 4 is 40.1 Å². The van der Waals surface area contributed by atoms with Crippen LogP contribution in [0, 0.1) is 10.1 Å². The van der Waals surface area contributed by atoms with Crippen LogP contribution in [0.1, 0.15) is 17.3 Å². The van der Waals surface area contributed by atoms with Crippen molar-refractivity contribution in [3.05, 3.63) is 58.1 Å². The third-order valence-corrected chi connectivity index (χ3v) is 4.39. The lowest BCUT2D eigenvalue weighted by atomic mass is 10.1. The first-order valence-corrected chi connectivity index (χ1v) is 9.19. The highest BCUT2D eigenvalue weighted by Gasteiger charge is 2.22. The number of nitro benzene ring substituents is 1. The second-order valence-corrected chi connectivity index (χ2v) is 6.36. The van der Waals surface area contributed by atoms with Gasteiger partial charge in [0, 0.05) is 17.5 Å². The highest BCUT2D eigenvalue weighted by atomic mass is 16.7. The van der Waals surface area contributed by atoms with Gasteiger partial charge < -0.3 is 19.5 Å². The molecule has 0 bridgehead atoms. The van der Waals surface area contributed by atoms with Gasteiger partial charge in [0.15, 0.2) is 11.5 Å². The zero-order valence-electron chi connectivity index (χ0n) is 16.2. The Balaban J connectivity index is 1.69. The molecule has 0 spiro atoms. The molecule has 1 aromatic heterocycles. The van der Waals surface area contributed by atoms with Crippen LogP contribution in [0.4, 0.5) is 22.0 Å². The maximum Gasteiger partial charge on any atom is 0.341 e. The summed E-state index contributed by atoms with van der Waals surface area (Å²) in [7, 11) is 0. The van der Waals surface area contributed by atoms with Crippen molar-refractivity contribution in [2.75, 3.05) is 24.0 Å². The number of urea groups is 1. The molecule has 3 aromatic rings. The van der Waals surface area contributed by atoms with Gasteiger partial charge in [0.2, 0.25) is 6.79 Å². The summed E-state index contributed by atoms with van der Waals surface area (Å²) >= 11 is 0. The molecular weight excluding hydrogens is 408 g/mol. The molecule has 11 heteroatoms. The number of rotatable bonds is 5. The van der Waals surface area contributed by atoms with Crippen LogP contribution in [0.25, 0.3) is 10.9 Å². The topological polar surface area (TPSA) is 142 Å². The number of nitrogens with one attached hydrogen (secondary N) is 2. The van der Waals surface area contributed by atoms with Gasteiger partial charge in [-0.25, -0.2) is 14.6 Å². The quantitative estimate of drug-likeness (QED) is 0.359. The van der Waals surface area contributed by atoms with Gasteiger partial charge >= 0.3 is 12.0 Å². The predicted molar refractivity (Wildman–Crippen MR) is 110 cm³/mol. The first-order chi connectivity index (χ1) is 15.0. The fourth-order valence-electron chi connectivity index (χ4n) is 3.02. The molecule has 0 radical (unpaired) electrons. The second kappa shape index (κ2) is 8.14. The lowest BCUT2D eigenvalue weighted by Crippen LogP contribution is -2.23. The van der Waals surface area contributed by atoms with Crippen molar-refractivity contribution in [2.45, 2.75) is 6.92 Å². The van der Waals surface area contributed by atoms with Crippen LogP contribution < -0.4 is 20.1 Å². The maximum atomic E-state index is 12.5. The molecule has 2 heterocycles. The Morgan fingerprint density at radius 3 is 2.65 bits per heavy atom. The molecule has 2 N–H and O–H groups in total. The molecule has 0 saturated heterocycles. The van der Waals surface area contributed by atoms with E-state index >= 15 is 0 Å². The van der Waals surface area contributed by atoms with Crippen LogP contribution in [0.5, 0.6) is 11.5 Å². The van der Waals surface area contributed by atoms with Gasteiger partial charge in [-0.3, -0.25) is 15.4 Å². The molecule has 1 aliphatic heterocycles. The van der Waals surface area contributed by atoms with Crippen LogP contribution in [-0.2, 0) is 4.74 Å². The summed E-state index contributed by atoms with van der Waals surface area (Å²) in [5.74, 6) is 0.245. The Hall–Kier alpha value is -4.41. The molecule has 2 amide bonds. The molecule has 1 aliphatic rings. The molecule has 4 rings (SSSR count). The SMILES string of the molecule is CCOC(=O)c1cc2cc3c(cc2nc1NC(=O)Nc1ccccc1[N+](=O)[O-])OCO3. The zero-order valence-corrected chi connectivity index (χ0v) is 16.2. The second-order valence-electron chi connectivity index (χ2n) is 6.36. The first kappa shape index (κ1) is 19.9. The standard InChI is InChI=1S/C20H16N4O7/c1-2-29-19(25)12-7-11-8-16-17(31-10-30-16)9-14(11)21-18(12)23-20(26)22-13-5-3-4-6-15(13)24(27)28/h3-9H,2,10H2,1H3,(H2,21,22,23,26). The summed E-state index contributed by atoms with van der Waals surface area (Å²) in [5.41, 5.74) is 0.179. The number of carbonyl (C=O) groups excluding carboxylic acids is 2. The third kappa shape index (κ3) is 4.01. The smallest absolute Gasteiger partial charge is 0.341 e. The van der Waals surface area contributed by atoms with E-state index in [-0.39, 0.29) is 36.2 Å². The Labute approximate surface area is 175 Å². The fraction of sp³-hybridized carbons (Fsp3) is 0.150. The molecule has 158 valence electrons. The summed E-state index contributed by atoms with van der Waals surface area (Å²) in [6, 6.07) is 9.67. The van der Waals surface area contributed by atoms with Gasteiger partial charge in [-0.2, -0.15) is 0 Å². The van der Waals surface area contributed by atoms with Crippen LogP contribution in [0.15, 0.2) is 42.5 Å². The number of hydrogen-bond donors (Lipinski definition) is 2. The lowest BCUT2D eigenvalue weighted by molar-refractivity contribution is -0.383. The number of pyridine rings is 1. The van der Waals surface area contributed by atoms with Crippen molar-refractivity contribution in [3.8, 4) is 11.5 Å². The number of fused-ring (bicyclic) bond motifs is 2. The number of carbonyl (C=O) groups is 2. The van der Waals surface area contributed by atoms with Crippen LogP contribution >= 0.6 is 0 Å². The van der Waals surface area contributed by atoms with E-state index in [1.165, 1.54) is 24.3 Å². The minimum absolute atomic E-state index is 0.00755. The Morgan fingerprint density at radius 1 is 1.16 bits per heavy atom. The number of amides is 2. The summed E-state index contributed by atoms with van der Waals surface area (Å²) in [6.45, 7) is 1.85. The van der Waals surface area contributed by atoms with E-state index < -0.39 is 16.9 Å². The van der Waals surface area contributed by atoms with E-state index in [2.05, 4.69) is 15.6 Å². The van der Waals surface area contributed by atoms with Gasteiger partial charge in [0.25, 0.3) is 5.69 Å². The number of aromatic nitrogens is 1. The van der Waals surface area contributed by atoms with E-state index in [4.69, 9.17) is 14.2 Å². The number of esters is 1. The van der Waals surface area contributed by atoms with E-state index in [0.29, 0.717) is 22.4 Å². The molecule has 2 aromatic carbocycles. The molecule has 0 saturated carbocycles. The molecule has 0 atom stereocenters. The number of benzene rings is 2. The molecule has 0 aliphatic carbocycles. The normalized spacial score (nSPS) is 11.8. The Morgan fingerprint density at radius 2 is 1.90 bits per heavy atom. The number of nitrogens with zero attached hydrogens (tertiary/aromatic N) is 2. The highest BCUT2D eigenvalue weighted by molar-refractivity contribution is 6.07. The average molecular weight is 424 g/mol. The van der Waals surface area contributed by atoms with Gasteiger partial charge in [0.1, 0.15) is 17.1 Å². The van der Waals surface area contributed by atoms with Crippen LogP contribution in [0.3, 0.4) is 0 Å². The number of ether oxygens (including phenoxy) is 3.